The first-order valence-electron chi connectivity index (χ1n) is 4.78. The minimum atomic E-state index is -3.54. The van der Waals surface area contributed by atoms with Gasteiger partial charge in [0.2, 0.25) is 10.0 Å². The van der Waals surface area contributed by atoms with Crippen LogP contribution in [0.1, 0.15) is 24.2 Å². The number of halogens is 1. The van der Waals surface area contributed by atoms with Gasteiger partial charge in [-0.05, 0) is 32.0 Å². The fourth-order valence-electron chi connectivity index (χ4n) is 1.01. The van der Waals surface area contributed by atoms with Crippen LogP contribution in [0.25, 0.3) is 0 Å². The van der Waals surface area contributed by atoms with Crippen LogP contribution in [0, 0.1) is 0 Å². The number of nitrogens with one attached hydrogen (secondary N) is 1. The van der Waals surface area contributed by atoms with E-state index in [1.807, 2.05) is 0 Å². The third-order valence-electron chi connectivity index (χ3n) is 2.09. The first-order valence-corrected chi connectivity index (χ1v) is 6.71. The Kier molecular flexibility index (Phi) is 4.00. The molecule has 2 N–H and O–H groups in total. The lowest BCUT2D eigenvalue weighted by Gasteiger charge is -2.12. The van der Waals surface area contributed by atoms with Crippen LogP contribution in [0.5, 0.6) is 0 Å². The van der Waals surface area contributed by atoms with Crippen LogP contribution in [-0.4, -0.2) is 24.7 Å². The van der Waals surface area contributed by atoms with Crippen molar-refractivity contribution in [2.45, 2.75) is 19.1 Å². The SMILES string of the molecule is CC(C)S(=O)(=O)Nc1cc(C(=O)O)ccc1Cl. The van der Waals surface area contributed by atoms with Crippen LogP contribution in [-0.2, 0) is 10.0 Å². The standard InChI is InChI=1S/C10H12ClNO4S/c1-6(2)17(15,16)12-9-5-7(10(13)14)3-4-8(9)11/h3-6,12H,1-2H3,(H,13,14). The molecule has 0 saturated heterocycles. The molecule has 0 fully saturated rings. The first-order chi connectivity index (χ1) is 7.74. The van der Waals surface area contributed by atoms with E-state index in [1.54, 1.807) is 0 Å². The van der Waals surface area contributed by atoms with Gasteiger partial charge >= 0.3 is 5.97 Å². The minimum absolute atomic E-state index is 0.0316. The van der Waals surface area contributed by atoms with E-state index in [2.05, 4.69) is 4.72 Å². The Bertz CT molecular complexity index is 539. The number of aromatic carboxylic acids is 1. The number of benzene rings is 1. The lowest BCUT2D eigenvalue weighted by molar-refractivity contribution is 0.0697. The zero-order valence-electron chi connectivity index (χ0n) is 9.27. The van der Waals surface area contributed by atoms with Crippen molar-refractivity contribution >= 4 is 33.3 Å². The van der Waals surface area contributed by atoms with E-state index in [1.165, 1.54) is 32.0 Å². The maximum atomic E-state index is 11.6. The van der Waals surface area contributed by atoms with Gasteiger partial charge in [0.1, 0.15) is 0 Å². The fourth-order valence-corrected chi connectivity index (χ4v) is 1.94. The molecule has 94 valence electrons. The van der Waals surface area contributed by atoms with Gasteiger partial charge < -0.3 is 5.11 Å². The highest BCUT2D eigenvalue weighted by atomic mass is 35.5. The normalized spacial score (nSPS) is 11.5. The predicted molar refractivity (Wildman–Crippen MR) is 66.1 cm³/mol. The summed E-state index contributed by atoms with van der Waals surface area (Å²) in [6.07, 6.45) is 0. The molecule has 1 aromatic rings. The van der Waals surface area contributed by atoms with Gasteiger partial charge in [-0.2, -0.15) is 0 Å². The Hall–Kier alpha value is -1.27. The van der Waals surface area contributed by atoms with Crippen molar-refractivity contribution in [3.05, 3.63) is 28.8 Å². The molecule has 5 nitrogen and oxygen atoms in total. The first kappa shape index (κ1) is 13.8. The average molecular weight is 278 g/mol. The molecule has 7 heteroatoms. The van der Waals surface area contributed by atoms with Gasteiger partial charge in [0.15, 0.2) is 0 Å². The van der Waals surface area contributed by atoms with E-state index in [-0.39, 0.29) is 16.3 Å². The summed E-state index contributed by atoms with van der Waals surface area (Å²) in [5, 5.41) is 8.31. The molecule has 0 aliphatic rings. The summed E-state index contributed by atoms with van der Waals surface area (Å²) in [5.41, 5.74) is 0.0381. The summed E-state index contributed by atoms with van der Waals surface area (Å²) in [4.78, 5) is 10.7. The quantitative estimate of drug-likeness (QED) is 0.884. The van der Waals surface area contributed by atoms with E-state index >= 15 is 0 Å². The number of rotatable bonds is 4. The van der Waals surface area contributed by atoms with Crippen LogP contribution in [0.3, 0.4) is 0 Å². The lowest BCUT2D eigenvalue weighted by Crippen LogP contribution is -2.22. The molecule has 0 unspecified atom stereocenters. The van der Waals surface area contributed by atoms with Crippen molar-refractivity contribution < 1.29 is 18.3 Å². The highest BCUT2D eigenvalue weighted by molar-refractivity contribution is 7.93. The van der Waals surface area contributed by atoms with E-state index in [9.17, 15) is 13.2 Å². The minimum Gasteiger partial charge on any atom is -0.478 e. The molecular weight excluding hydrogens is 266 g/mol. The van der Waals surface area contributed by atoms with E-state index in [0.717, 1.165) is 0 Å². The number of hydrogen-bond acceptors (Lipinski definition) is 3. The summed E-state index contributed by atoms with van der Waals surface area (Å²) < 4.78 is 25.5. The monoisotopic (exact) mass is 277 g/mol. The van der Waals surface area contributed by atoms with Gasteiger partial charge in [0.05, 0.1) is 21.5 Å². The van der Waals surface area contributed by atoms with E-state index in [0.29, 0.717) is 0 Å². The number of carbonyl (C=O) groups is 1. The van der Waals surface area contributed by atoms with Crippen molar-refractivity contribution in [2.24, 2.45) is 0 Å². The second-order valence-corrected chi connectivity index (χ2v) is 6.34. The van der Waals surface area contributed by atoms with Crippen LogP contribution >= 0.6 is 11.6 Å². The Balaban J connectivity index is 3.15. The largest absolute Gasteiger partial charge is 0.478 e. The Labute approximate surface area is 104 Å². The van der Waals surface area contributed by atoms with Gasteiger partial charge in [-0.3, -0.25) is 4.72 Å². The highest BCUT2D eigenvalue weighted by Gasteiger charge is 2.18. The van der Waals surface area contributed by atoms with E-state index < -0.39 is 21.2 Å². The van der Waals surface area contributed by atoms with Crippen molar-refractivity contribution in [1.29, 1.82) is 0 Å². The summed E-state index contributed by atoms with van der Waals surface area (Å²) in [6.45, 7) is 3.02. The molecule has 0 saturated carbocycles. The highest BCUT2D eigenvalue weighted by Crippen LogP contribution is 2.24. The second kappa shape index (κ2) is 4.93. The average Bonchev–Trinajstić information content (AvgIpc) is 2.20. The molecular formula is C10H12ClNO4S. The molecule has 0 bridgehead atoms. The van der Waals surface area contributed by atoms with Gasteiger partial charge in [-0.25, -0.2) is 13.2 Å². The van der Waals surface area contributed by atoms with Crippen LogP contribution in [0.2, 0.25) is 5.02 Å². The Morgan fingerprint density at radius 3 is 2.47 bits per heavy atom. The summed E-state index contributed by atoms with van der Waals surface area (Å²) >= 11 is 5.79. The maximum absolute atomic E-state index is 11.6. The fraction of sp³-hybridized carbons (Fsp3) is 0.300. The number of carboxylic acid groups (broad SMARTS) is 1. The lowest BCUT2D eigenvalue weighted by atomic mass is 10.2. The number of carboxylic acids is 1. The molecule has 1 rings (SSSR count). The Morgan fingerprint density at radius 2 is 2.00 bits per heavy atom. The molecule has 0 aliphatic heterocycles. The number of sulfonamides is 1. The van der Waals surface area contributed by atoms with Crippen LogP contribution in [0.4, 0.5) is 5.69 Å². The predicted octanol–water partition coefficient (Wildman–Crippen LogP) is 2.19. The van der Waals surface area contributed by atoms with Gasteiger partial charge in [0, 0.05) is 0 Å². The summed E-state index contributed by atoms with van der Waals surface area (Å²) in [5.74, 6) is -1.15. The molecule has 0 aliphatic carbocycles. The molecule has 0 spiro atoms. The van der Waals surface area contributed by atoms with Crippen molar-refractivity contribution in [3.8, 4) is 0 Å². The second-order valence-electron chi connectivity index (χ2n) is 3.70. The number of hydrogen-bond donors (Lipinski definition) is 2. The van der Waals surface area contributed by atoms with E-state index in [4.69, 9.17) is 16.7 Å². The summed E-state index contributed by atoms with van der Waals surface area (Å²) in [6, 6.07) is 3.83. The molecule has 0 atom stereocenters. The third kappa shape index (κ3) is 3.34. The zero-order valence-corrected chi connectivity index (χ0v) is 10.8. The Morgan fingerprint density at radius 1 is 1.41 bits per heavy atom. The molecule has 0 heterocycles. The molecule has 0 radical (unpaired) electrons. The molecule has 0 aromatic heterocycles. The van der Waals surface area contributed by atoms with Gasteiger partial charge in [-0.15, -0.1) is 0 Å². The van der Waals surface area contributed by atoms with Crippen LogP contribution in [0.15, 0.2) is 18.2 Å². The number of anilines is 1. The topological polar surface area (TPSA) is 83.5 Å². The van der Waals surface area contributed by atoms with Gasteiger partial charge in [-0.1, -0.05) is 11.6 Å². The molecule has 1 aromatic carbocycles. The zero-order chi connectivity index (χ0) is 13.2. The van der Waals surface area contributed by atoms with Gasteiger partial charge in [0.25, 0.3) is 0 Å². The third-order valence-corrected chi connectivity index (χ3v) is 4.16. The van der Waals surface area contributed by atoms with Crippen LogP contribution < -0.4 is 4.72 Å². The van der Waals surface area contributed by atoms with Crippen molar-refractivity contribution in [2.75, 3.05) is 4.72 Å². The molecule has 17 heavy (non-hydrogen) atoms. The molecule has 0 amide bonds. The van der Waals surface area contributed by atoms with Crippen molar-refractivity contribution in [3.63, 3.8) is 0 Å². The van der Waals surface area contributed by atoms with Crippen molar-refractivity contribution in [1.82, 2.24) is 0 Å². The maximum Gasteiger partial charge on any atom is 0.335 e. The summed E-state index contributed by atoms with van der Waals surface area (Å²) in [7, 11) is -3.54. The smallest absolute Gasteiger partial charge is 0.335 e.